The number of benzene rings is 2. The molecule has 116 valence electrons. The Bertz CT molecular complexity index is 840. The summed E-state index contributed by atoms with van der Waals surface area (Å²) in [4.78, 5) is 10.7. The van der Waals surface area contributed by atoms with Crippen molar-refractivity contribution in [2.75, 3.05) is 0 Å². The third-order valence-electron chi connectivity index (χ3n) is 2.99. The minimum Gasteiger partial charge on any atom is -0.258 e. The van der Waals surface area contributed by atoms with Crippen molar-refractivity contribution in [3.63, 3.8) is 0 Å². The maximum Gasteiger partial charge on any atom is 0.286 e. The van der Waals surface area contributed by atoms with Crippen molar-refractivity contribution in [2.45, 2.75) is 16.6 Å². The van der Waals surface area contributed by atoms with Gasteiger partial charge < -0.3 is 0 Å². The Hall–Kier alpha value is -2.81. The van der Waals surface area contributed by atoms with E-state index in [0.717, 1.165) is 23.4 Å². The van der Waals surface area contributed by atoms with Crippen LogP contribution in [-0.4, -0.2) is 25.1 Å². The lowest BCUT2D eigenvalue weighted by Gasteiger charge is -2.05. The molecule has 0 fully saturated rings. The third-order valence-corrected chi connectivity index (χ3v) is 4.03. The Morgan fingerprint density at radius 1 is 1.22 bits per heavy atom. The number of halogens is 1. The summed E-state index contributed by atoms with van der Waals surface area (Å²) in [5.74, 6) is -0.662. The van der Waals surface area contributed by atoms with Gasteiger partial charge in [0.1, 0.15) is 5.82 Å². The fourth-order valence-corrected chi connectivity index (χ4v) is 2.80. The van der Waals surface area contributed by atoms with Crippen molar-refractivity contribution in [1.82, 2.24) is 20.2 Å². The van der Waals surface area contributed by atoms with Gasteiger partial charge in [-0.2, -0.15) is 0 Å². The minimum atomic E-state index is -0.662. The first-order chi connectivity index (χ1) is 11.1. The van der Waals surface area contributed by atoms with E-state index in [9.17, 15) is 14.5 Å². The maximum absolute atomic E-state index is 13.2. The highest BCUT2D eigenvalue weighted by atomic mass is 32.2. The first-order valence-corrected chi connectivity index (χ1v) is 7.37. The van der Waals surface area contributed by atoms with Crippen molar-refractivity contribution in [3.05, 3.63) is 70.0 Å². The van der Waals surface area contributed by atoms with Crippen LogP contribution in [0.4, 0.5) is 10.1 Å². The molecule has 7 nitrogen and oxygen atoms in total. The SMILES string of the molecule is O=[N+]([O-])c1cc(F)ccc1Sc1nnnn1Cc1ccccc1. The molecule has 0 radical (unpaired) electrons. The summed E-state index contributed by atoms with van der Waals surface area (Å²) in [5, 5.41) is 22.8. The number of hydrogen-bond donors (Lipinski definition) is 0. The van der Waals surface area contributed by atoms with Gasteiger partial charge in [-0.05, 0) is 39.9 Å². The summed E-state index contributed by atoms with van der Waals surface area (Å²) in [5.41, 5.74) is 0.680. The average molecular weight is 331 g/mol. The van der Waals surface area contributed by atoms with E-state index < -0.39 is 10.7 Å². The lowest BCUT2D eigenvalue weighted by atomic mass is 10.2. The monoisotopic (exact) mass is 331 g/mol. The van der Waals surface area contributed by atoms with E-state index >= 15 is 0 Å². The minimum absolute atomic E-state index is 0.278. The molecule has 0 amide bonds. The van der Waals surface area contributed by atoms with Gasteiger partial charge in [0.2, 0.25) is 5.16 Å². The molecule has 0 atom stereocenters. The number of hydrogen-bond acceptors (Lipinski definition) is 6. The summed E-state index contributed by atoms with van der Waals surface area (Å²) in [6.07, 6.45) is 0. The van der Waals surface area contributed by atoms with Crippen LogP contribution in [0.15, 0.2) is 58.6 Å². The Morgan fingerprint density at radius 3 is 2.74 bits per heavy atom. The number of tetrazole rings is 1. The molecule has 3 aromatic rings. The fraction of sp³-hybridized carbons (Fsp3) is 0.0714. The van der Waals surface area contributed by atoms with E-state index in [0.29, 0.717) is 11.7 Å². The Balaban J connectivity index is 1.88. The van der Waals surface area contributed by atoms with E-state index in [4.69, 9.17) is 0 Å². The zero-order valence-electron chi connectivity index (χ0n) is 11.7. The highest BCUT2D eigenvalue weighted by molar-refractivity contribution is 7.99. The van der Waals surface area contributed by atoms with Crippen LogP contribution in [0.1, 0.15) is 5.56 Å². The van der Waals surface area contributed by atoms with Crippen molar-refractivity contribution in [1.29, 1.82) is 0 Å². The topological polar surface area (TPSA) is 86.7 Å². The fourth-order valence-electron chi connectivity index (χ4n) is 1.94. The molecule has 0 bridgehead atoms. The summed E-state index contributed by atoms with van der Waals surface area (Å²) >= 11 is 1.02. The molecule has 0 aliphatic rings. The number of nitrogens with zero attached hydrogens (tertiary/aromatic N) is 5. The van der Waals surface area contributed by atoms with Gasteiger partial charge in [0.15, 0.2) is 0 Å². The largest absolute Gasteiger partial charge is 0.286 e. The lowest BCUT2D eigenvalue weighted by Crippen LogP contribution is -2.04. The van der Waals surface area contributed by atoms with E-state index in [1.54, 1.807) is 0 Å². The summed E-state index contributed by atoms with van der Waals surface area (Å²) < 4.78 is 14.7. The van der Waals surface area contributed by atoms with Crippen LogP contribution >= 0.6 is 11.8 Å². The van der Waals surface area contributed by atoms with Gasteiger partial charge >= 0.3 is 0 Å². The molecule has 0 unspecified atom stereocenters. The smallest absolute Gasteiger partial charge is 0.258 e. The molecule has 9 heteroatoms. The summed E-state index contributed by atoms with van der Waals surface area (Å²) in [6, 6.07) is 13.0. The van der Waals surface area contributed by atoms with Crippen molar-refractivity contribution >= 4 is 17.4 Å². The predicted molar refractivity (Wildman–Crippen MR) is 80.5 cm³/mol. The van der Waals surface area contributed by atoms with Gasteiger partial charge in [0.25, 0.3) is 5.69 Å². The maximum atomic E-state index is 13.2. The Labute approximate surface area is 134 Å². The number of rotatable bonds is 5. The van der Waals surface area contributed by atoms with Gasteiger partial charge in [-0.1, -0.05) is 30.3 Å². The quantitative estimate of drug-likeness (QED) is 0.528. The lowest BCUT2D eigenvalue weighted by molar-refractivity contribution is -0.387. The van der Waals surface area contributed by atoms with Crippen LogP contribution in [-0.2, 0) is 6.54 Å². The average Bonchev–Trinajstić information content (AvgIpc) is 2.97. The van der Waals surface area contributed by atoms with E-state index in [-0.39, 0.29) is 10.6 Å². The highest BCUT2D eigenvalue weighted by Gasteiger charge is 2.19. The Kier molecular flexibility index (Phi) is 4.29. The standard InChI is InChI=1S/C14H10FN5O2S/c15-11-6-7-13(12(8-11)20(21)22)23-14-16-17-18-19(14)9-10-4-2-1-3-5-10/h1-8H,9H2. The number of nitro groups is 1. The molecule has 2 aromatic carbocycles. The molecule has 1 aromatic heterocycles. The van der Waals surface area contributed by atoms with Crippen molar-refractivity contribution < 1.29 is 9.31 Å². The van der Waals surface area contributed by atoms with E-state index in [1.807, 2.05) is 30.3 Å². The first kappa shape index (κ1) is 15.1. The molecule has 1 heterocycles. The van der Waals surface area contributed by atoms with Gasteiger partial charge in [-0.15, -0.1) is 5.10 Å². The summed E-state index contributed by atoms with van der Waals surface area (Å²) in [6.45, 7) is 0.436. The van der Waals surface area contributed by atoms with Crippen LogP contribution in [0.3, 0.4) is 0 Å². The van der Waals surface area contributed by atoms with Crippen LogP contribution < -0.4 is 0 Å². The second kappa shape index (κ2) is 6.53. The van der Waals surface area contributed by atoms with Crippen LogP contribution in [0.2, 0.25) is 0 Å². The molecular formula is C14H10FN5O2S. The molecule has 0 aliphatic carbocycles. The molecule has 23 heavy (non-hydrogen) atoms. The molecule has 0 saturated carbocycles. The molecule has 0 aliphatic heterocycles. The van der Waals surface area contributed by atoms with Crippen LogP contribution in [0, 0.1) is 15.9 Å². The predicted octanol–water partition coefficient (Wildman–Crippen LogP) is 2.92. The highest BCUT2D eigenvalue weighted by Crippen LogP contribution is 2.33. The molecule has 3 rings (SSSR count). The van der Waals surface area contributed by atoms with E-state index in [2.05, 4.69) is 15.5 Å². The molecule has 0 spiro atoms. The molecular weight excluding hydrogens is 321 g/mol. The molecule has 0 N–H and O–H groups in total. The van der Waals surface area contributed by atoms with Crippen LogP contribution in [0.5, 0.6) is 0 Å². The second-order valence-corrected chi connectivity index (χ2v) is 5.59. The van der Waals surface area contributed by atoms with Gasteiger partial charge in [-0.3, -0.25) is 10.1 Å². The second-order valence-electron chi connectivity index (χ2n) is 4.58. The Morgan fingerprint density at radius 2 is 2.00 bits per heavy atom. The summed E-state index contributed by atoms with van der Waals surface area (Å²) in [7, 11) is 0. The zero-order chi connectivity index (χ0) is 16.2. The van der Waals surface area contributed by atoms with E-state index in [1.165, 1.54) is 16.8 Å². The van der Waals surface area contributed by atoms with Crippen molar-refractivity contribution in [3.8, 4) is 0 Å². The van der Waals surface area contributed by atoms with Crippen molar-refractivity contribution in [2.24, 2.45) is 0 Å². The van der Waals surface area contributed by atoms with Gasteiger partial charge in [0, 0.05) is 0 Å². The molecule has 0 saturated heterocycles. The normalized spacial score (nSPS) is 10.7. The van der Waals surface area contributed by atoms with Gasteiger partial charge in [-0.25, -0.2) is 9.07 Å². The first-order valence-electron chi connectivity index (χ1n) is 6.55. The third kappa shape index (κ3) is 3.51. The number of nitro benzene ring substituents is 1. The zero-order valence-corrected chi connectivity index (χ0v) is 12.5. The van der Waals surface area contributed by atoms with Crippen LogP contribution in [0.25, 0.3) is 0 Å². The number of aromatic nitrogens is 4. The van der Waals surface area contributed by atoms with Gasteiger partial charge in [0.05, 0.1) is 22.4 Å².